The molecule has 2 N–H and O–H groups in total. The van der Waals surface area contributed by atoms with Crippen molar-refractivity contribution in [2.75, 3.05) is 19.1 Å². The molecule has 0 saturated heterocycles. The van der Waals surface area contributed by atoms with Crippen molar-refractivity contribution in [1.29, 1.82) is 0 Å². The van der Waals surface area contributed by atoms with E-state index in [1.54, 1.807) is 37.0 Å². The zero-order valence-corrected chi connectivity index (χ0v) is 14.2. The summed E-state index contributed by atoms with van der Waals surface area (Å²) in [5.74, 6) is 0.791. The molecule has 6 heteroatoms. The Kier molecular flexibility index (Phi) is 6.51. The fourth-order valence-electron chi connectivity index (χ4n) is 1.99. The lowest BCUT2D eigenvalue weighted by Crippen LogP contribution is -2.38. The Morgan fingerprint density at radius 2 is 2.05 bits per heavy atom. The van der Waals surface area contributed by atoms with E-state index in [0.717, 1.165) is 17.7 Å². The van der Waals surface area contributed by atoms with Gasteiger partial charge in [0.05, 0.1) is 4.90 Å². The quantitative estimate of drug-likeness (QED) is 0.839. The third-order valence-corrected chi connectivity index (χ3v) is 6.03. The van der Waals surface area contributed by atoms with Gasteiger partial charge in [0.1, 0.15) is 0 Å². The highest BCUT2D eigenvalue weighted by Crippen LogP contribution is 2.22. The summed E-state index contributed by atoms with van der Waals surface area (Å²) in [7, 11) is -1.81. The Morgan fingerprint density at radius 3 is 2.55 bits per heavy atom. The van der Waals surface area contributed by atoms with Gasteiger partial charge in [0.15, 0.2) is 0 Å². The van der Waals surface area contributed by atoms with E-state index in [-0.39, 0.29) is 12.1 Å². The molecule has 0 heterocycles. The maximum atomic E-state index is 12.7. The van der Waals surface area contributed by atoms with Crippen molar-refractivity contribution in [2.45, 2.75) is 37.2 Å². The lowest BCUT2D eigenvalue weighted by Gasteiger charge is -2.26. The van der Waals surface area contributed by atoms with Crippen LogP contribution in [0.25, 0.3) is 0 Å². The molecule has 4 nitrogen and oxygen atoms in total. The highest BCUT2D eigenvalue weighted by atomic mass is 32.2. The minimum Gasteiger partial charge on any atom is -0.324 e. The van der Waals surface area contributed by atoms with Gasteiger partial charge in [0.25, 0.3) is 0 Å². The fourth-order valence-corrected chi connectivity index (χ4v) is 4.42. The second-order valence-corrected chi connectivity index (χ2v) is 7.81. The molecule has 2 atom stereocenters. The van der Waals surface area contributed by atoms with Gasteiger partial charge in [0.2, 0.25) is 10.0 Å². The normalized spacial score (nSPS) is 15.3. The molecule has 0 bridgehead atoms. The fraction of sp³-hybridized carbons (Fsp3) is 0.571. The predicted molar refractivity (Wildman–Crippen MR) is 86.5 cm³/mol. The van der Waals surface area contributed by atoms with Crippen LogP contribution in [0, 0.1) is 0 Å². The van der Waals surface area contributed by atoms with E-state index in [9.17, 15) is 8.42 Å². The van der Waals surface area contributed by atoms with Crippen LogP contribution < -0.4 is 5.73 Å². The standard InChI is InChI=1S/C14H24N2O2S2/c1-5-13(10-19-4)16(3)20(17,18)14-8-6-7-12(9-14)11(2)15/h6-9,11,13H,5,10,15H2,1-4H3. The molecule has 1 aromatic rings. The van der Waals surface area contributed by atoms with Gasteiger partial charge in [-0.05, 0) is 37.3 Å². The SMILES string of the molecule is CCC(CSC)N(C)S(=O)(=O)c1cccc(C(C)N)c1. The van der Waals surface area contributed by atoms with Crippen LogP contribution >= 0.6 is 11.8 Å². The molecule has 0 aromatic heterocycles. The average molecular weight is 316 g/mol. The number of rotatable bonds is 7. The maximum Gasteiger partial charge on any atom is 0.243 e. The summed E-state index contributed by atoms with van der Waals surface area (Å²) in [5.41, 5.74) is 6.65. The molecule has 0 fully saturated rings. The Balaban J connectivity index is 3.12. The summed E-state index contributed by atoms with van der Waals surface area (Å²) < 4.78 is 26.8. The van der Waals surface area contributed by atoms with Crippen molar-refractivity contribution in [1.82, 2.24) is 4.31 Å². The minimum atomic E-state index is -3.46. The van der Waals surface area contributed by atoms with Crippen molar-refractivity contribution < 1.29 is 8.42 Å². The Morgan fingerprint density at radius 1 is 1.40 bits per heavy atom. The zero-order valence-electron chi connectivity index (χ0n) is 12.5. The molecule has 0 radical (unpaired) electrons. The summed E-state index contributed by atoms with van der Waals surface area (Å²) in [6, 6.07) is 6.72. The number of hydrogen-bond acceptors (Lipinski definition) is 4. The topological polar surface area (TPSA) is 63.4 Å². The maximum absolute atomic E-state index is 12.7. The second kappa shape index (κ2) is 7.45. The molecule has 0 spiro atoms. The number of sulfonamides is 1. The number of benzene rings is 1. The Labute approximate surface area is 126 Å². The van der Waals surface area contributed by atoms with Crippen LogP contribution in [0.1, 0.15) is 31.9 Å². The van der Waals surface area contributed by atoms with Crippen molar-refractivity contribution in [2.24, 2.45) is 5.73 Å². The first-order chi connectivity index (χ1) is 9.34. The van der Waals surface area contributed by atoms with Crippen molar-refractivity contribution in [3.8, 4) is 0 Å². The van der Waals surface area contributed by atoms with Gasteiger partial charge < -0.3 is 5.73 Å². The van der Waals surface area contributed by atoms with E-state index in [1.165, 1.54) is 4.31 Å². The van der Waals surface area contributed by atoms with Crippen LogP contribution in [-0.4, -0.2) is 37.8 Å². The lowest BCUT2D eigenvalue weighted by atomic mass is 10.1. The van der Waals surface area contributed by atoms with Gasteiger partial charge in [0, 0.05) is 24.9 Å². The summed E-state index contributed by atoms with van der Waals surface area (Å²) in [5, 5.41) is 0. The summed E-state index contributed by atoms with van der Waals surface area (Å²) in [6.07, 6.45) is 2.78. The predicted octanol–water partition coefficient (Wildman–Crippen LogP) is 2.47. The van der Waals surface area contributed by atoms with Gasteiger partial charge in [-0.2, -0.15) is 16.1 Å². The van der Waals surface area contributed by atoms with Gasteiger partial charge >= 0.3 is 0 Å². The van der Waals surface area contributed by atoms with Crippen LogP contribution in [0.15, 0.2) is 29.2 Å². The highest BCUT2D eigenvalue weighted by molar-refractivity contribution is 7.98. The van der Waals surface area contributed by atoms with Gasteiger partial charge in [-0.25, -0.2) is 8.42 Å². The minimum absolute atomic E-state index is 0.00829. The van der Waals surface area contributed by atoms with E-state index in [1.807, 2.05) is 26.2 Å². The molecule has 0 amide bonds. The van der Waals surface area contributed by atoms with E-state index in [0.29, 0.717) is 4.90 Å². The molecule has 114 valence electrons. The van der Waals surface area contributed by atoms with Crippen LogP contribution in [-0.2, 0) is 10.0 Å². The Hall–Kier alpha value is -0.560. The number of nitrogens with zero attached hydrogens (tertiary/aromatic N) is 1. The van der Waals surface area contributed by atoms with Crippen LogP contribution in [0.4, 0.5) is 0 Å². The lowest BCUT2D eigenvalue weighted by molar-refractivity contribution is 0.385. The van der Waals surface area contributed by atoms with Crippen molar-refractivity contribution >= 4 is 21.8 Å². The van der Waals surface area contributed by atoms with E-state index in [2.05, 4.69) is 0 Å². The third-order valence-electron chi connectivity index (χ3n) is 3.41. The number of nitrogens with two attached hydrogens (primary N) is 1. The summed E-state index contributed by atoms with van der Waals surface area (Å²) in [6.45, 7) is 3.85. The molecule has 20 heavy (non-hydrogen) atoms. The van der Waals surface area contributed by atoms with E-state index >= 15 is 0 Å². The molecule has 1 rings (SSSR count). The molecule has 0 aliphatic heterocycles. The van der Waals surface area contributed by atoms with Crippen LogP contribution in [0.2, 0.25) is 0 Å². The van der Waals surface area contributed by atoms with Crippen LogP contribution in [0.3, 0.4) is 0 Å². The smallest absolute Gasteiger partial charge is 0.243 e. The van der Waals surface area contributed by atoms with Crippen molar-refractivity contribution in [3.05, 3.63) is 29.8 Å². The van der Waals surface area contributed by atoms with E-state index < -0.39 is 10.0 Å². The van der Waals surface area contributed by atoms with Crippen molar-refractivity contribution in [3.63, 3.8) is 0 Å². The first kappa shape index (κ1) is 17.5. The summed E-state index contributed by atoms with van der Waals surface area (Å²) >= 11 is 1.66. The van der Waals surface area contributed by atoms with Gasteiger partial charge in [-0.3, -0.25) is 0 Å². The average Bonchev–Trinajstić information content (AvgIpc) is 2.44. The van der Waals surface area contributed by atoms with Gasteiger partial charge in [-0.1, -0.05) is 19.1 Å². The molecular formula is C14H24N2O2S2. The van der Waals surface area contributed by atoms with Gasteiger partial charge in [-0.15, -0.1) is 0 Å². The molecule has 1 aromatic carbocycles. The zero-order chi connectivity index (χ0) is 15.3. The molecule has 0 aliphatic carbocycles. The third kappa shape index (κ3) is 3.97. The first-order valence-electron chi connectivity index (χ1n) is 6.67. The molecule has 0 aliphatic rings. The Bertz CT molecular complexity index is 530. The second-order valence-electron chi connectivity index (χ2n) is 4.90. The summed E-state index contributed by atoms with van der Waals surface area (Å²) in [4.78, 5) is 0.314. The number of hydrogen-bond donors (Lipinski definition) is 1. The largest absolute Gasteiger partial charge is 0.324 e. The van der Waals surface area contributed by atoms with E-state index in [4.69, 9.17) is 5.73 Å². The monoisotopic (exact) mass is 316 g/mol. The molecular weight excluding hydrogens is 292 g/mol. The number of thioether (sulfide) groups is 1. The molecule has 2 unspecified atom stereocenters. The highest BCUT2D eigenvalue weighted by Gasteiger charge is 2.26. The van der Waals surface area contributed by atoms with Crippen LogP contribution in [0.5, 0.6) is 0 Å². The molecule has 0 saturated carbocycles. The first-order valence-corrected chi connectivity index (χ1v) is 9.50.